The number of nitriles is 1. The molecule has 0 bridgehead atoms. The van der Waals surface area contributed by atoms with Gasteiger partial charge >= 0.3 is 0 Å². The Morgan fingerprint density at radius 3 is 2.26 bits per heavy atom. The number of aliphatic hydroxyl groups excluding tert-OH is 1. The largest absolute Gasteiger partial charge is 0.507 e. The summed E-state index contributed by atoms with van der Waals surface area (Å²) in [6.07, 6.45) is 0. The van der Waals surface area contributed by atoms with Gasteiger partial charge in [0.05, 0.1) is 37.5 Å². The Balaban J connectivity index is 1.96. The lowest BCUT2D eigenvalue weighted by Gasteiger charge is -2.26. The van der Waals surface area contributed by atoms with E-state index in [0.717, 1.165) is 5.56 Å². The maximum Gasteiger partial charge on any atom is 0.300 e. The van der Waals surface area contributed by atoms with Crippen molar-refractivity contribution in [1.82, 2.24) is 0 Å². The minimum Gasteiger partial charge on any atom is -0.507 e. The summed E-state index contributed by atoms with van der Waals surface area (Å²) >= 11 is 0. The Hall–Kier alpha value is -4.57. The van der Waals surface area contributed by atoms with E-state index in [0.29, 0.717) is 33.9 Å². The molecule has 7 nitrogen and oxygen atoms in total. The maximum atomic E-state index is 13.3. The van der Waals surface area contributed by atoms with E-state index < -0.39 is 17.7 Å². The van der Waals surface area contributed by atoms with E-state index in [2.05, 4.69) is 0 Å². The summed E-state index contributed by atoms with van der Waals surface area (Å²) < 4.78 is 10.8. The van der Waals surface area contributed by atoms with Crippen molar-refractivity contribution in [2.45, 2.75) is 13.0 Å². The summed E-state index contributed by atoms with van der Waals surface area (Å²) in [6.45, 7) is 1.82. The lowest BCUT2D eigenvalue weighted by Crippen LogP contribution is -2.29. The van der Waals surface area contributed by atoms with E-state index in [4.69, 9.17) is 14.7 Å². The zero-order valence-corrected chi connectivity index (χ0v) is 18.9. The Bertz CT molecular complexity index is 1350. The summed E-state index contributed by atoms with van der Waals surface area (Å²) in [4.78, 5) is 27.9. The standard InChI is InChI=1S/C27H22N2O5/c1-16-14-18(10-13-21(16)33-2)25(30)23-24(20-6-4-5-7-22(20)34-3)29(27(32)26(23)31)19-11-8-17(15-28)9-12-19/h4-14,24,30H,1-3H3/b25-23+. The number of anilines is 1. The number of para-hydroxylation sites is 1. The van der Waals surface area contributed by atoms with Gasteiger partial charge in [-0.05, 0) is 61.0 Å². The third-order valence-corrected chi connectivity index (χ3v) is 5.82. The number of hydrogen-bond donors (Lipinski definition) is 1. The van der Waals surface area contributed by atoms with E-state index in [9.17, 15) is 14.7 Å². The Morgan fingerprint density at radius 2 is 1.65 bits per heavy atom. The first-order chi connectivity index (χ1) is 16.4. The summed E-state index contributed by atoms with van der Waals surface area (Å²) in [5, 5.41) is 20.4. The van der Waals surface area contributed by atoms with Crippen LogP contribution < -0.4 is 14.4 Å². The number of aliphatic hydroxyl groups is 1. The molecule has 1 atom stereocenters. The van der Waals surface area contributed by atoms with Crippen LogP contribution in [0, 0.1) is 18.3 Å². The van der Waals surface area contributed by atoms with Crippen LogP contribution in [0.4, 0.5) is 5.69 Å². The molecule has 7 heteroatoms. The minimum atomic E-state index is -0.938. The van der Waals surface area contributed by atoms with Gasteiger partial charge in [-0.2, -0.15) is 5.26 Å². The van der Waals surface area contributed by atoms with Crippen LogP contribution in [0.1, 0.15) is 28.3 Å². The number of Topliss-reactive ketones (excluding diaryl/α,β-unsaturated/α-hetero) is 1. The molecule has 170 valence electrons. The van der Waals surface area contributed by atoms with Crippen molar-refractivity contribution in [2.75, 3.05) is 19.1 Å². The number of ether oxygens (including phenoxy) is 2. The van der Waals surface area contributed by atoms with Crippen LogP contribution in [-0.2, 0) is 9.59 Å². The first kappa shape index (κ1) is 22.6. The molecule has 34 heavy (non-hydrogen) atoms. The topological polar surface area (TPSA) is 99.9 Å². The molecule has 1 N–H and O–H groups in total. The number of benzene rings is 3. The first-order valence-corrected chi connectivity index (χ1v) is 10.5. The minimum absolute atomic E-state index is 0.0524. The van der Waals surface area contributed by atoms with Gasteiger partial charge in [0, 0.05) is 16.8 Å². The highest BCUT2D eigenvalue weighted by atomic mass is 16.5. The third-order valence-electron chi connectivity index (χ3n) is 5.82. The molecular weight excluding hydrogens is 432 g/mol. The third kappa shape index (κ3) is 3.76. The number of ketones is 1. The van der Waals surface area contributed by atoms with Gasteiger partial charge in [0.2, 0.25) is 0 Å². The average Bonchev–Trinajstić information content (AvgIpc) is 3.13. The smallest absolute Gasteiger partial charge is 0.300 e. The molecule has 1 amide bonds. The van der Waals surface area contributed by atoms with Gasteiger partial charge in [-0.15, -0.1) is 0 Å². The van der Waals surface area contributed by atoms with Crippen LogP contribution in [0.3, 0.4) is 0 Å². The zero-order chi connectivity index (χ0) is 24.4. The van der Waals surface area contributed by atoms with Crippen molar-refractivity contribution in [3.8, 4) is 17.6 Å². The maximum absolute atomic E-state index is 13.3. The number of amides is 1. The van der Waals surface area contributed by atoms with Crippen LogP contribution in [0.2, 0.25) is 0 Å². The zero-order valence-electron chi connectivity index (χ0n) is 18.9. The van der Waals surface area contributed by atoms with Gasteiger partial charge in [0.15, 0.2) is 0 Å². The molecule has 1 fully saturated rings. The van der Waals surface area contributed by atoms with Crippen molar-refractivity contribution in [3.05, 3.63) is 94.6 Å². The quantitative estimate of drug-likeness (QED) is 0.346. The fourth-order valence-corrected chi connectivity index (χ4v) is 4.16. The molecular formula is C27H22N2O5. The van der Waals surface area contributed by atoms with Crippen molar-refractivity contribution in [3.63, 3.8) is 0 Å². The molecule has 0 spiro atoms. The molecule has 0 aromatic heterocycles. The predicted molar refractivity (Wildman–Crippen MR) is 127 cm³/mol. The fourth-order valence-electron chi connectivity index (χ4n) is 4.16. The van der Waals surface area contributed by atoms with Crippen molar-refractivity contribution >= 4 is 23.1 Å². The molecule has 1 aliphatic heterocycles. The highest BCUT2D eigenvalue weighted by Crippen LogP contribution is 2.45. The average molecular weight is 454 g/mol. The first-order valence-electron chi connectivity index (χ1n) is 10.5. The number of carbonyl (C=O) groups is 2. The predicted octanol–water partition coefficient (Wildman–Crippen LogP) is 4.51. The highest BCUT2D eigenvalue weighted by molar-refractivity contribution is 6.51. The second kappa shape index (κ2) is 9.12. The Labute approximate surface area is 197 Å². The molecule has 1 unspecified atom stereocenters. The number of nitrogens with zero attached hydrogens (tertiary/aromatic N) is 2. The van der Waals surface area contributed by atoms with E-state index in [1.54, 1.807) is 73.8 Å². The molecule has 1 saturated heterocycles. The Morgan fingerprint density at radius 1 is 0.971 bits per heavy atom. The van der Waals surface area contributed by atoms with E-state index in [1.807, 2.05) is 13.0 Å². The van der Waals surface area contributed by atoms with Gasteiger partial charge in [0.25, 0.3) is 11.7 Å². The number of carbonyl (C=O) groups excluding carboxylic acids is 2. The Kier molecular flexibility index (Phi) is 6.07. The highest BCUT2D eigenvalue weighted by Gasteiger charge is 2.47. The van der Waals surface area contributed by atoms with Gasteiger partial charge in [-0.1, -0.05) is 18.2 Å². The SMILES string of the molecule is COc1ccc(/C(O)=C2\C(=O)C(=O)N(c3ccc(C#N)cc3)C2c2ccccc2OC)cc1C. The summed E-state index contributed by atoms with van der Waals surface area (Å²) in [6, 6.07) is 19.5. The summed E-state index contributed by atoms with van der Waals surface area (Å²) in [7, 11) is 3.05. The van der Waals surface area contributed by atoms with Crippen molar-refractivity contribution in [1.29, 1.82) is 5.26 Å². The van der Waals surface area contributed by atoms with Crippen LogP contribution in [-0.4, -0.2) is 31.0 Å². The molecule has 0 saturated carbocycles. The number of aryl methyl sites for hydroxylation is 1. The van der Waals surface area contributed by atoms with Crippen LogP contribution >= 0.6 is 0 Å². The molecule has 0 radical (unpaired) electrons. The van der Waals surface area contributed by atoms with Gasteiger partial charge < -0.3 is 14.6 Å². The second-order valence-corrected chi connectivity index (χ2v) is 7.75. The molecule has 3 aromatic rings. The molecule has 3 aromatic carbocycles. The monoisotopic (exact) mass is 454 g/mol. The normalized spacial score (nSPS) is 16.9. The lowest BCUT2D eigenvalue weighted by atomic mass is 9.94. The van der Waals surface area contributed by atoms with Crippen molar-refractivity contribution < 1.29 is 24.2 Å². The fraction of sp³-hybridized carbons (Fsp3) is 0.148. The van der Waals surface area contributed by atoms with Gasteiger partial charge in [-0.3, -0.25) is 14.5 Å². The summed E-state index contributed by atoms with van der Waals surface area (Å²) in [5.41, 5.74) is 2.48. The lowest BCUT2D eigenvalue weighted by molar-refractivity contribution is -0.132. The van der Waals surface area contributed by atoms with Crippen LogP contribution in [0.25, 0.3) is 5.76 Å². The van der Waals surface area contributed by atoms with Crippen molar-refractivity contribution in [2.24, 2.45) is 0 Å². The van der Waals surface area contributed by atoms with Crippen LogP contribution in [0.5, 0.6) is 11.5 Å². The van der Waals surface area contributed by atoms with Gasteiger partial charge in [-0.25, -0.2) is 0 Å². The van der Waals surface area contributed by atoms with E-state index in [1.165, 1.54) is 12.0 Å². The summed E-state index contributed by atoms with van der Waals surface area (Å²) in [5.74, 6) is -0.796. The molecule has 1 aliphatic rings. The molecule has 1 heterocycles. The van der Waals surface area contributed by atoms with E-state index >= 15 is 0 Å². The molecule has 4 rings (SSSR count). The molecule has 0 aliphatic carbocycles. The van der Waals surface area contributed by atoms with E-state index in [-0.39, 0.29) is 11.3 Å². The van der Waals surface area contributed by atoms with Gasteiger partial charge in [0.1, 0.15) is 17.3 Å². The number of methoxy groups -OCH3 is 2. The van der Waals surface area contributed by atoms with Crippen LogP contribution in [0.15, 0.2) is 72.3 Å². The second-order valence-electron chi connectivity index (χ2n) is 7.75. The number of rotatable bonds is 5. The number of hydrogen-bond acceptors (Lipinski definition) is 6.